The van der Waals surface area contributed by atoms with E-state index in [-0.39, 0.29) is 6.10 Å². The fourth-order valence-corrected chi connectivity index (χ4v) is 2.74. The van der Waals surface area contributed by atoms with Gasteiger partial charge in [-0.2, -0.15) is 0 Å². The molecule has 0 spiro atoms. The van der Waals surface area contributed by atoms with Crippen LogP contribution >= 0.6 is 11.3 Å². The monoisotopic (exact) mass is 235 g/mol. The van der Waals surface area contributed by atoms with Crippen molar-refractivity contribution in [2.75, 3.05) is 6.61 Å². The molecule has 0 saturated carbocycles. The molecule has 0 aliphatic carbocycles. The molecular weight excluding hydrogens is 222 g/mol. The average Bonchev–Trinajstić information content (AvgIpc) is 3.01. The highest BCUT2D eigenvalue weighted by Gasteiger charge is 2.19. The van der Waals surface area contributed by atoms with E-state index in [9.17, 15) is 0 Å². The summed E-state index contributed by atoms with van der Waals surface area (Å²) in [7, 11) is 0. The minimum absolute atomic E-state index is 0.196. The first-order chi connectivity index (χ1) is 7.93. The fraction of sp³-hybridized carbons (Fsp3) is 0.455. The minimum atomic E-state index is 0.196. The largest absolute Gasteiger partial charge is 0.372 e. The van der Waals surface area contributed by atoms with Gasteiger partial charge in [0.25, 0.3) is 0 Å². The zero-order valence-electron chi connectivity index (χ0n) is 8.85. The third-order valence-corrected chi connectivity index (χ3v) is 3.65. The third-order valence-electron chi connectivity index (χ3n) is 2.76. The topological polar surface area (TPSA) is 50.8 Å². The average molecular weight is 235 g/mol. The Morgan fingerprint density at radius 2 is 2.44 bits per heavy atom. The highest BCUT2D eigenvalue weighted by atomic mass is 32.1. The van der Waals surface area contributed by atoms with Crippen molar-refractivity contribution < 1.29 is 4.74 Å². The van der Waals surface area contributed by atoms with Crippen LogP contribution in [0.15, 0.2) is 17.9 Å². The number of ether oxygens (including phenoxy) is 1. The van der Waals surface area contributed by atoms with Crippen molar-refractivity contribution in [1.29, 1.82) is 0 Å². The number of rotatable bonds is 2. The minimum Gasteiger partial charge on any atom is -0.372 e. The summed E-state index contributed by atoms with van der Waals surface area (Å²) in [6.45, 7) is 0.863. The summed E-state index contributed by atoms with van der Waals surface area (Å²) in [6.07, 6.45) is 7.17. The van der Waals surface area contributed by atoms with Crippen LogP contribution in [-0.2, 0) is 4.74 Å². The molecule has 1 unspecified atom stereocenters. The van der Waals surface area contributed by atoms with Gasteiger partial charge in [0.15, 0.2) is 0 Å². The van der Waals surface area contributed by atoms with Crippen LogP contribution < -0.4 is 0 Å². The van der Waals surface area contributed by atoms with E-state index in [1.807, 2.05) is 0 Å². The van der Waals surface area contributed by atoms with Crippen LogP contribution in [0.25, 0.3) is 10.7 Å². The Bertz CT molecular complexity index is 446. The number of nitrogens with zero attached hydrogens (tertiary/aromatic N) is 2. The van der Waals surface area contributed by atoms with Crippen LogP contribution in [0.1, 0.15) is 31.1 Å². The number of H-pyrrole nitrogens is 1. The van der Waals surface area contributed by atoms with E-state index in [1.54, 1.807) is 23.9 Å². The van der Waals surface area contributed by atoms with Crippen molar-refractivity contribution in [3.05, 3.63) is 23.6 Å². The number of thiazole rings is 1. The predicted molar refractivity (Wildman–Crippen MR) is 62.2 cm³/mol. The molecule has 1 aliphatic rings. The molecule has 84 valence electrons. The second-order valence-corrected chi connectivity index (χ2v) is 4.76. The predicted octanol–water partition coefficient (Wildman–Crippen LogP) is 2.77. The van der Waals surface area contributed by atoms with Gasteiger partial charge in [-0.15, -0.1) is 11.3 Å². The van der Waals surface area contributed by atoms with Crippen LogP contribution in [0, 0.1) is 0 Å². The summed E-state index contributed by atoms with van der Waals surface area (Å²) in [5.74, 6) is 0. The van der Waals surface area contributed by atoms with E-state index < -0.39 is 0 Å². The Kier molecular flexibility index (Phi) is 2.71. The molecule has 3 heterocycles. The van der Waals surface area contributed by atoms with E-state index in [0.29, 0.717) is 0 Å². The standard InChI is InChI=1S/C11H13N3OS/c1-2-4-15-10(3-1)9-6-16-11(14-9)8-5-12-7-13-8/h5-7,10H,1-4H2,(H,12,13). The van der Waals surface area contributed by atoms with E-state index in [2.05, 4.69) is 20.3 Å². The van der Waals surface area contributed by atoms with Crippen molar-refractivity contribution in [2.45, 2.75) is 25.4 Å². The van der Waals surface area contributed by atoms with Crippen molar-refractivity contribution >= 4 is 11.3 Å². The van der Waals surface area contributed by atoms with Gasteiger partial charge in [-0.25, -0.2) is 9.97 Å². The molecule has 16 heavy (non-hydrogen) atoms. The molecule has 4 nitrogen and oxygen atoms in total. The SMILES string of the molecule is c1ncc(-c2nc(C3CCCCO3)cs2)[nH]1. The first kappa shape index (κ1) is 9.99. The number of hydrogen-bond acceptors (Lipinski definition) is 4. The molecular formula is C11H13N3OS. The quantitative estimate of drug-likeness (QED) is 0.870. The number of aromatic nitrogens is 3. The Morgan fingerprint density at radius 1 is 1.44 bits per heavy atom. The maximum Gasteiger partial charge on any atom is 0.141 e. The van der Waals surface area contributed by atoms with E-state index in [0.717, 1.165) is 29.4 Å². The highest BCUT2D eigenvalue weighted by molar-refractivity contribution is 7.13. The lowest BCUT2D eigenvalue weighted by molar-refractivity contribution is 0.0127. The molecule has 0 aromatic carbocycles. The smallest absolute Gasteiger partial charge is 0.141 e. The summed E-state index contributed by atoms with van der Waals surface area (Å²) in [5.41, 5.74) is 2.04. The van der Waals surface area contributed by atoms with Gasteiger partial charge in [0.1, 0.15) is 11.1 Å². The van der Waals surface area contributed by atoms with Gasteiger partial charge in [0, 0.05) is 12.0 Å². The van der Waals surface area contributed by atoms with Crippen molar-refractivity contribution in [1.82, 2.24) is 15.0 Å². The van der Waals surface area contributed by atoms with Gasteiger partial charge < -0.3 is 9.72 Å². The van der Waals surface area contributed by atoms with Gasteiger partial charge in [0.2, 0.25) is 0 Å². The van der Waals surface area contributed by atoms with E-state index >= 15 is 0 Å². The highest BCUT2D eigenvalue weighted by Crippen LogP contribution is 2.31. The molecule has 2 aromatic heterocycles. The summed E-state index contributed by atoms with van der Waals surface area (Å²) < 4.78 is 5.71. The second kappa shape index (κ2) is 4.35. The normalized spacial score (nSPS) is 21.1. The van der Waals surface area contributed by atoms with Crippen LogP contribution in [0.4, 0.5) is 0 Å². The van der Waals surface area contributed by atoms with Gasteiger partial charge >= 0.3 is 0 Å². The lowest BCUT2D eigenvalue weighted by Crippen LogP contribution is -2.11. The van der Waals surface area contributed by atoms with Crippen molar-refractivity contribution in [2.24, 2.45) is 0 Å². The van der Waals surface area contributed by atoms with Crippen molar-refractivity contribution in [3.8, 4) is 10.7 Å². The summed E-state index contributed by atoms with van der Waals surface area (Å²) in [6, 6.07) is 0. The zero-order chi connectivity index (χ0) is 10.8. The van der Waals surface area contributed by atoms with Crippen LogP contribution in [0.5, 0.6) is 0 Å². The molecule has 1 fully saturated rings. The third kappa shape index (κ3) is 1.88. The van der Waals surface area contributed by atoms with E-state index in [1.165, 1.54) is 12.8 Å². The molecule has 1 aliphatic heterocycles. The Hall–Kier alpha value is -1.20. The van der Waals surface area contributed by atoms with Crippen LogP contribution in [0.2, 0.25) is 0 Å². The number of imidazole rings is 1. The molecule has 1 N–H and O–H groups in total. The van der Waals surface area contributed by atoms with Gasteiger partial charge in [-0.1, -0.05) is 0 Å². The molecule has 0 bridgehead atoms. The van der Waals surface area contributed by atoms with Crippen LogP contribution in [-0.4, -0.2) is 21.6 Å². The van der Waals surface area contributed by atoms with Crippen LogP contribution in [0.3, 0.4) is 0 Å². The number of nitrogens with one attached hydrogen (secondary N) is 1. The lowest BCUT2D eigenvalue weighted by atomic mass is 10.1. The molecule has 1 saturated heterocycles. The molecule has 0 amide bonds. The maximum absolute atomic E-state index is 5.71. The summed E-state index contributed by atoms with van der Waals surface area (Å²) in [5, 5.41) is 3.08. The summed E-state index contributed by atoms with van der Waals surface area (Å²) >= 11 is 1.64. The zero-order valence-corrected chi connectivity index (χ0v) is 9.67. The first-order valence-electron chi connectivity index (χ1n) is 5.49. The first-order valence-corrected chi connectivity index (χ1v) is 6.37. The Balaban J connectivity index is 1.82. The van der Waals surface area contributed by atoms with Gasteiger partial charge in [-0.05, 0) is 19.3 Å². The second-order valence-electron chi connectivity index (χ2n) is 3.90. The Morgan fingerprint density at radius 3 is 3.19 bits per heavy atom. The van der Waals surface area contributed by atoms with Gasteiger partial charge in [0.05, 0.1) is 23.9 Å². The fourth-order valence-electron chi connectivity index (χ4n) is 1.90. The Labute approximate surface area is 97.7 Å². The molecule has 0 radical (unpaired) electrons. The molecule has 5 heteroatoms. The van der Waals surface area contributed by atoms with Gasteiger partial charge in [-0.3, -0.25) is 0 Å². The number of hydrogen-bond donors (Lipinski definition) is 1. The summed E-state index contributed by atoms with van der Waals surface area (Å²) in [4.78, 5) is 11.7. The van der Waals surface area contributed by atoms with E-state index in [4.69, 9.17) is 4.74 Å². The van der Waals surface area contributed by atoms with Crippen molar-refractivity contribution in [3.63, 3.8) is 0 Å². The molecule has 3 rings (SSSR count). The maximum atomic E-state index is 5.71. The number of aromatic amines is 1. The molecule has 2 aromatic rings. The lowest BCUT2D eigenvalue weighted by Gasteiger charge is -2.20. The molecule has 1 atom stereocenters.